The number of nitrogens with zero attached hydrogens (tertiary/aromatic N) is 1. The van der Waals surface area contributed by atoms with Crippen molar-refractivity contribution >= 4 is 49.1 Å². The molecule has 0 amide bonds. The summed E-state index contributed by atoms with van der Waals surface area (Å²) in [6.45, 7) is 0. The van der Waals surface area contributed by atoms with E-state index in [-0.39, 0.29) is 6.04 Å². The number of hydrogen-bond acceptors (Lipinski definition) is 4. The van der Waals surface area contributed by atoms with Gasteiger partial charge in [-0.15, -0.1) is 11.3 Å². The van der Waals surface area contributed by atoms with E-state index >= 15 is 0 Å². The normalized spacial score (nSPS) is 21.8. The molecular formula is C9H12BrNO2S3. The fourth-order valence-electron chi connectivity index (χ4n) is 1.60. The Morgan fingerprint density at radius 3 is 2.81 bits per heavy atom. The first-order chi connectivity index (χ1) is 7.53. The van der Waals surface area contributed by atoms with Gasteiger partial charge < -0.3 is 0 Å². The number of thioether (sulfide) groups is 1. The van der Waals surface area contributed by atoms with Gasteiger partial charge in [0.2, 0.25) is 0 Å². The van der Waals surface area contributed by atoms with Crippen molar-refractivity contribution in [3.8, 4) is 0 Å². The lowest BCUT2D eigenvalue weighted by Crippen LogP contribution is -2.36. The zero-order valence-electron chi connectivity index (χ0n) is 8.72. The Hall–Kier alpha value is 0.440. The molecule has 1 aliphatic heterocycles. The quantitative estimate of drug-likeness (QED) is 0.848. The number of hydrogen-bond donors (Lipinski definition) is 0. The zero-order valence-corrected chi connectivity index (χ0v) is 12.8. The first-order valence-corrected chi connectivity index (χ1v) is 9.09. The Kier molecular flexibility index (Phi) is 4.01. The average Bonchev–Trinajstić information content (AvgIpc) is 2.86. The van der Waals surface area contributed by atoms with Gasteiger partial charge in [-0.2, -0.15) is 16.1 Å². The zero-order chi connectivity index (χ0) is 11.8. The highest BCUT2D eigenvalue weighted by Crippen LogP contribution is 2.32. The highest BCUT2D eigenvalue weighted by atomic mass is 79.9. The summed E-state index contributed by atoms with van der Waals surface area (Å²) in [5.41, 5.74) is 0. The van der Waals surface area contributed by atoms with Crippen LogP contribution in [0.5, 0.6) is 0 Å². The van der Waals surface area contributed by atoms with Gasteiger partial charge >= 0.3 is 0 Å². The van der Waals surface area contributed by atoms with Gasteiger partial charge in [-0.25, -0.2) is 8.42 Å². The van der Waals surface area contributed by atoms with Crippen molar-refractivity contribution < 1.29 is 8.42 Å². The number of rotatable bonds is 3. The van der Waals surface area contributed by atoms with Crippen molar-refractivity contribution in [3.05, 3.63) is 15.9 Å². The largest absolute Gasteiger partial charge is 0.253 e. The van der Waals surface area contributed by atoms with Crippen molar-refractivity contribution in [2.24, 2.45) is 0 Å². The molecule has 0 aliphatic carbocycles. The number of thiophene rings is 1. The van der Waals surface area contributed by atoms with Crippen LogP contribution in [0.15, 0.2) is 20.1 Å². The fourth-order valence-corrected chi connectivity index (χ4v) is 6.83. The Balaban J connectivity index is 2.28. The van der Waals surface area contributed by atoms with Crippen LogP contribution in [0.25, 0.3) is 0 Å². The maximum absolute atomic E-state index is 12.3. The van der Waals surface area contributed by atoms with Crippen LogP contribution >= 0.6 is 39.0 Å². The minimum atomic E-state index is -3.32. The molecule has 0 N–H and O–H groups in total. The lowest BCUT2D eigenvalue weighted by molar-refractivity contribution is 0.395. The van der Waals surface area contributed by atoms with E-state index in [0.29, 0.717) is 8.68 Å². The van der Waals surface area contributed by atoms with Gasteiger partial charge in [-0.1, -0.05) is 0 Å². The average molecular weight is 342 g/mol. The smallest absolute Gasteiger partial charge is 0.206 e. The summed E-state index contributed by atoms with van der Waals surface area (Å²) in [7, 11) is -1.64. The minimum Gasteiger partial charge on any atom is -0.206 e. The second-order valence-electron chi connectivity index (χ2n) is 3.59. The molecule has 1 aromatic heterocycles. The highest BCUT2D eigenvalue weighted by molar-refractivity contribution is 9.10. The summed E-state index contributed by atoms with van der Waals surface area (Å²) in [4.78, 5) is 0. The van der Waals surface area contributed by atoms with Crippen LogP contribution in [0.2, 0.25) is 0 Å². The van der Waals surface area contributed by atoms with E-state index in [2.05, 4.69) is 15.9 Å². The Bertz CT molecular complexity index is 465. The molecule has 1 unspecified atom stereocenters. The van der Waals surface area contributed by atoms with Gasteiger partial charge in [0.05, 0.1) is 0 Å². The molecule has 2 rings (SSSR count). The van der Waals surface area contributed by atoms with Crippen molar-refractivity contribution in [1.82, 2.24) is 4.31 Å². The van der Waals surface area contributed by atoms with E-state index in [1.807, 2.05) is 11.8 Å². The van der Waals surface area contributed by atoms with Gasteiger partial charge in [0, 0.05) is 23.3 Å². The maximum atomic E-state index is 12.3. The summed E-state index contributed by atoms with van der Waals surface area (Å²) in [6, 6.07) is 1.92. The van der Waals surface area contributed by atoms with Crippen LogP contribution in [0.3, 0.4) is 0 Å². The summed E-state index contributed by atoms with van der Waals surface area (Å²) < 4.78 is 27.2. The molecule has 0 spiro atoms. The van der Waals surface area contributed by atoms with Gasteiger partial charge in [0.25, 0.3) is 10.0 Å². The summed E-state index contributed by atoms with van der Waals surface area (Å²) in [6.07, 6.45) is 0.948. The predicted octanol–water partition coefficient (Wildman–Crippen LogP) is 2.64. The summed E-state index contributed by atoms with van der Waals surface area (Å²) >= 11 is 6.35. The molecule has 1 saturated heterocycles. The molecule has 3 nitrogen and oxygen atoms in total. The molecule has 1 atom stereocenters. The van der Waals surface area contributed by atoms with Crippen molar-refractivity contribution in [3.63, 3.8) is 0 Å². The number of halogens is 1. The van der Waals surface area contributed by atoms with Gasteiger partial charge in [-0.05, 0) is 39.6 Å². The third-order valence-corrected chi connectivity index (χ3v) is 8.32. The van der Waals surface area contributed by atoms with E-state index < -0.39 is 10.0 Å². The molecule has 0 bridgehead atoms. The van der Waals surface area contributed by atoms with E-state index in [1.54, 1.807) is 18.5 Å². The monoisotopic (exact) mass is 341 g/mol. The van der Waals surface area contributed by atoms with Gasteiger partial charge in [0.15, 0.2) is 0 Å². The molecule has 0 radical (unpaired) electrons. The predicted molar refractivity (Wildman–Crippen MR) is 72.7 cm³/mol. The highest BCUT2D eigenvalue weighted by Gasteiger charge is 2.32. The molecule has 2 heterocycles. The molecule has 7 heteroatoms. The second kappa shape index (κ2) is 4.97. The maximum Gasteiger partial charge on any atom is 0.253 e. The molecule has 0 saturated carbocycles. The van der Waals surface area contributed by atoms with Crippen LogP contribution in [-0.2, 0) is 10.0 Å². The standard InChI is InChI=1S/C9H12BrNO2S3/c1-11(7-2-4-14-6-7)16(12,13)9-8(10)3-5-15-9/h3,5,7H,2,4,6H2,1H3. The summed E-state index contributed by atoms with van der Waals surface area (Å²) in [5, 5.41) is 1.79. The molecule has 0 aromatic carbocycles. The molecular weight excluding hydrogens is 330 g/mol. The van der Waals surface area contributed by atoms with Crippen molar-refractivity contribution in [1.29, 1.82) is 0 Å². The summed E-state index contributed by atoms with van der Waals surface area (Å²) in [5.74, 6) is 1.95. The Morgan fingerprint density at radius 2 is 2.31 bits per heavy atom. The van der Waals surface area contributed by atoms with Crippen LogP contribution in [-0.4, -0.2) is 37.3 Å². The van der Waals surface area contributed by atoms with Crippen molar-refractivity contribution in [2.45, 2.75) is 16.7 Å². The lowest BCUT2D eigenvalue weighted by Gasteiger charge is -2.22. The lowest BCUT2D eigenvalue weighted by atomic mass is 10.3. The fraction of sp³-hybridized carbons (Fsp3) is 0.556. The second-order valence-corrected chi connectivity index (χ2v) is 8.71. The van der Waals surface area contributed by atoms with Crippen molar-refractivity contribution in [2.75, 3.05) is 18.6 Å². The van der Waals surface area contributed by atoms with Crippen LogP contribution < -0.4 is 0 Å². The molecule has 16 heavy (non-hydrogen) atoms. The van der Waals surface area contributed by atoms with E-state index in [1.165, 1.54) is 15.6 Å². The number of sulfonamides is 1. The van der Waals surface area contributed by atoms with Crippen LogP contribution in [0.4, 0.5) is 0 Å². The molecule has 90 valence electrons. The van der Waals surface area contributed by atoms with E-state index in [0.717, 1.165) is 17.9 Å². The van der Waals surface area contributed by atoms with Gasteiger partial charge in [0.1, 0.15) is 4.21 Å². The first-order valence-electron chi connectivity index (χ1n) is 4.82. The van der Waals surface area contributed by atoms with Crippen LogP contribution in [0, 0.1) is 0 Å². The Morgan fingerprint density at radius 1 is 1.56 bits per heavy atom. The minimum absolute atomic E-state index is 0.143. The Labute approximate surface area is 112 Å². The molecule has 1 fully saturated rings. The third kappa shape index (κ3) is 2.33. The van der Waals surface area contributed by atoms with Crippen LogP contribution in [0.1, 0.15) is 6.42 Å². The SMILES string of the molecule is CN(C1CCSC1)S(=O)(=O)c1sccc1Br. The molecule has 1 aromatic rings. The molecule has 1 aliphatic rings. The van der Waals surface area contributed by atoms with E-state index in [9.17, 15) is 8.42 Å². The van der Waals surface area contributed by atoms with Gasteiger partial charge in [-0.3, -0.25) is 0 Å². The third-order valence-electron chi connectivity index (χ3n) is 2.62. The first kappa shape index (κ1) is 12.9. The topological polar surface area (TPSA) is 37.4 Å². The van der Waals surface area contributed by atoms with E-state index in [4.69, 9.17) is 0 Å².